The zero-order valence-electron chi connectivity index (χ0n) is 8.11. The Kier molecular flexibility index (Phi) is 2.12. The quantitative estimate of drug-likeness (QED) is 0.715. The second-order valence-electron chi connectivity index (χ2n) is 3.38. The third kappa shape index (κ3) is 1.38. The lowest BCUT2D eigenvalue weighted by molar-refractivity contribution is 0.433. The van der Waals surface area contributed by atoms with Gasteiger partial charge in [0.05, 0.1) is 20.8 Å². The summed E-state index contributed by atoms with van der Waals surface area (Å²) in [7, 11) is 0. The van der Waals surface area contributed by atoms with E-state index < -0.39 is 0 Å². The second kappa shape index (κ2) is 3.50. The fourth-order valence-electron chi connectivity index (χ4n) is 1.57. The summed E-state index contributed by atoms with van der Waals surface area (Å²) in [6.07, 6.45) is 1.50. The lowest BCUT2D eigenvalue weighted by Crippen LogP contribution is -1.81. The standard InChI is InChI=1S/C11H7ClN2OS/c12-7-3-1-2-6-4-9(16-11(6)7)10-8(13)5-14-15-10/h1-5H,13H2. The zero-order chi connectivity index (χ0) is 11.1. The number of nitrogens with zero attached hydrogens (tertiary/aromatic N) is 1. The normalized spacial score (nSPS) is 11.1. The molecule has 0 radical (unpaired) electrons. The molecule has 0 aliphatic carbocycles. The van der Waals surface area contributed by atoms with E-state index in [4.69, 9.17) is 21.9 Å². The van der Waals surface area contributed by atoms with Crippen molar-refractivity contribution in [2.24, 2.45) is 0 Å². The first-order chi connectivity index (χ1) is 7.75. The van der Waals surface area contributed by atoms with E-state index in [0.29, 0.717) is 11.4 Å². The van der Waals surface area contributed by atoms with Gasteiger partial charge >= 0.3 is 0 Å². The molecule has 0 saturated heterocycles. The first-order valence-electron chi connectivity index (χ1n) is 4.64. The van der Waals surface area contributed by atoms with Crippen LogP contribution >= 0.6 is 22.9 Å². The van der Waals surface area contributed by atoms with E-state index in [9.17, 15) is 0 Å². The Labute approximate surface area is 100 Å². The Morgan fingerprint density at radius 1 is 1.38 bits per heavy atom. The van der Waals surface area contributed by atoms with Gasteiger partial charge in [-0.15, -0.1) is 11.3 Å². The SMILES string of the molecule is Nc1cnoc1-c1cc2cccc(Cl)c2s1. The Bertz CT molecular complexity index is 659. The van der Waals surface area contributed by atoms with Gasteiger partial charge in [-0.1, -0.05) is 28.9 Å². The van der Waals surface area contributed by atoms with Crippen LogP contribution in [-0.4, -0.2) is 5.16 Å². The van der Waals surface area contributed by atoms with E-state index in [1.165, 1.54) is 6.20 Å². The van der Waals surface area contributed by atoms with E-state index in [0.717, 1.165) is 20.0 Å². The lowest BCUT2D eigenvalue weighted by atomic mass is 10.2. The molecule has 0 bridgehead atoms. The molecule has 0 aliphatic rings. The van der Waals surface area contributed by atoms with Crippen molar-refractivity contribution in [3.05, 3.63) is 35.5 Å². The molecule has 0 unspecified atom stereocenters. The number of nitrogen functional groups attached to an aromatic ring is 1. The first-order valence-corrected chi connectivity index (χ1v) is 5.84. The van der Waals surface area contributed by atoms with Gasteiger partial charge in [-0.3, -0.25) is 0 Å². The summed E-state index contributed by atoms with van der Waals surface area (Å²) in [6.45, 7) is 0. The van der Waals surface area contributed by atoms with Crippen molar-refractivity contribution in [1.82, 2.24) is 5.16 Å². The molecule has 0 saturated carbocycles. The van der Waals surface area contributed by atoms with Crippen molar-refractivity contribution in [3.8, 4) is 10.6 Å². The Morgan fingerprint density at radius 3 is 2.94 bits per heavy atom. The third-order valence-corrected chi connectivity index (χ3v) is 3.93. The minimum atomic E-state index is 0.544. The molecular weight excluding hydrogens is 244 g/mol. The van der Waals surface area contributed by atoms with Crippen LogP contribution in [0.2, 0.25) is 5.02 Å². The van der Waals surface area contributed by atoms with E-state index in [2.05, 4.69) is 5.16 Å². The van der Waals surface area contributed by atoms with Gasteiger partial charge in [0.25, 0.3) is 0 Å². The Morgan fingerprint density at radius 2 is 2.25 bits per heavy atom. The molecule has 0 fully saturated rings. The third-order valence-electron chi connectivity index (χ3n) is 2.32. The molecule has 0 spiro atoms. The van der Waals surface area contributed by atoms with Gasteiger partial charge in [-0.05, 0) is 17.5 Å². The molecule has 1 aromatic carbocycles. The Hall–Kier alpha value is -1.52. The van der Waals surface area contributed by atoms with Crippen molar-refractivity contribution in [3.63, 3.8) is 0 Å². The highest BCUT2D eigenvalue weighted by Gasteiger charge is 2.12. The number of halogens is 1. The van der Waals surface area contributed by atoms with Gasteiger partial charge in [0.1, 0.15) is 5.69 Å². The molecule has 3 nitrogen and oxygen atoms in total. The summed E-state index contributed by atoms with van der Waals surface area (Å²) in [5, 5.41) is 5.49. The van der Waals surface area contributed by atoms with Crippen molar-refractivity contribution in [2.45, 2.75) is 0 Å². The molecular formula is C11H7ClN2OS. The number of nitrogens with two attached hydrogens (primary N) is 1. The molecule has 16 heavy (non-hydrogen) atoms. The van der Waals surface area contributed by atoms with Crippen molar-refractivity contribution in [1.29, 1.82) is 0 Å². The maximum Gasteiger partial charge on any atom is 0.199 e. The van der Waals surface area contributed by atoms with Crippen molar-refractivity contribution >= 4 is 38.7 Å². The number of aromatic nitrogens is 1. The number of benzene rings is 1. The maximum absolute atomic E-state index is 6.10. The van der Waals surface area contributed by atoms with E-state index in [1.807, 2.05) is 24.3 Å². The summed E-state index contributed by atoms with van der Waals surface area (Å²) in [5.74, 6) is 0.609. The van der Waals surface area contributed by atoms with Gasteiger partial charge in [0.2, 0.25) is 0 Å². The molecule has 3 rings (SSSR count). The first kappa shape index (κ1) is 9.69. The maximum atomic E-state index is 6.10. The molecule has 0 atom stereocenters. The second-order valence-corrected chi connectivity index (χ2v) is 4.84. The topological polar surface area (TPSA) is 52.0 Å². The van der Waals surface area contributed by atoms with Gasteiger partial charge in [-0.2, -0.15) is 0 Å². The van der Waals surface area contributed by atoms with E-state index in [-0.39, 0.29) is 0 Å². The van der Waals surface area contributed by atoms with Gasteiger partial charge in [-0.25, -0.2) is 0 Å². The highest BCUT2D eigenvalue weighted by Crippen LogP contribution is 2.38. The summed E-state index contributed by atoms with van der Waals surface area (Å²) in [6, 6.07) is 7.80. The van der Waals surface area contributed by atoms with Crippen LogP contribution in [0, 0.1) is 0 Å². The number of rotatable bonds is 1. The number of hydrogen-bond acceptors (Lipinski definition) is 4. The number of anilines is 1. The van der Waals surface area contributed by atoms with Crippen LogP contribution in [0.5, 0.6) is 0 Å². The molecule has 2 aromatic heterocycles. The molecule has 5 heteroatoms. The minimum Gasteiger partial charge on any atom is -0.394 e. The lowest BCUT2D eigenvalue weighted by Gasteiger charge is -1.90. The fourth-order valence-corrected chi connectivity index (χ4v) is 2.94. The molecule has 80 valence electrons. The number of thiophene rings is 1. The molecule has 2 N–H and O–H groups in total. The predicted octanol–water partition coefficient (Wildman–Crippen LogP) is 3.79. The summed E-state index contributed by atoms with van der Waals surface area (Å²) in [4.78, 5) is 0.943. The van der Waals surface area contributed by atoms with Crippen LogP contribution in [0.15, 0.2) is 35.0 Å². The van der Waals surface area contributed by atoms with Gasteiger partial charge in [0, 0.05) is 0 Å². The van der Waals surface area contributed by atoms with Crippen molar-refractivity contribution in [2.75, 3.05) is 5.73 Å². The largest absolute Gasteiger partial charge is 0.394 e. The van der Waals surface area contributed by atoms with Crippen LogP contribution in [0.1, 0.15) is 0 Å². The van der Waals surface area contributed by atoms with Crippen LogP contribution in [0.4, 0.5) is 5.69 Å². The molecule has 3 aromatic rings. The van der Waals surface area contributed by atoms with E-state index in [1.54, 1.807) is 11.3 Å². The minimum absolute atomic E-state index is 0.544. The molecule has 2 heterocycles. The van der Waals surface area contributed by atoms with Crippen LogP contribution < -0.4 is 5.73 Å². The highest BCUT2D eigenvalue weighted by molar-refractivity contribution is 7.22. The summed E-state index contributed by atoms with van der Waals surface area (Å²) in [5.41, 5.74) is 6.29. The highest BCUT2D eigenvalue weighted by atomic mass is 35.5. The van der Waals surface area contributed by atoms with Crippen LogP contribution in [-0.2, 0) is 0 Å². The zero-order valence-corrected chi connectivity index (χ0v) is 9.68. The molecule has 0 amide bonds. The van der Waals surface area contributed by atoms with Crippen LogP contribution in [0.3, 0.4) is 0 Å². The predicted molar refractivity (Wildman–Crippen MR) is 66.7 cm³/mol. The summed E-state index contributed by atoms with van der Waals surface area (Å²) >= 11 is 7.65. The monoisotopic (exact) mass is 250 g/mol. The number of hydrogen-bond donors (Lipinski definition) is 1. The Balaban J connectivity index is 2.27. The van der Waals surface area contributed by atoms with Gasteiger partial charge in [0.15, 0.2) is 5.76 Å². The summed E-state index contributed by atoms with van der Waals surface area (Å²) < 4.78 is 6.15. The molecule has 0 aliphatic heterocycles. The fraction of sp³-hybridized carbons (Fsp3) is 0. The van der Waals surface area contributed by atoms with Crippen LogP contribution in [0.25, 0.3) is 20.7 Å². The average molecular weight is 251 g/mol. The van der Waals surface area contributed by atoms with E-state index >= 15 is 0 Å². The van der Waals surface area contributed by atoms with Gasteiger partial charge < -0.3 is 10.3 Å². The number of fused-ring (bicyclic) bond motifs is 1. The smallest absolute Gasteiger partial charge is 0.199 e. The average Bonchev–Trinajstić information content (AvgIpc) is 2.84. The van der Waals surface area contributed by atoms with Crippen molar-refractivity contribution < 1.29 is 4.52 Å².